The zero-order valence-electron chi connectivity index (χ0n) is 9.99. The van der Waals surface area contributed by atoms with Crippen molar-refractivity contribution in [3.05, 3.63) is 0 Å². The first-order valence-electron chi connectivity index (χ1n) is 5.81. The second-order valence-corrected chi connectivity index (χ2v) is 8.46. The van der Waals surface area contributed by atoms with Gasteiger partial charge in [0.25, 0.3) is 0 Å². The first-order chi connectivity index (χ1) is 7.25. The molecule has 2 atom stereocenters. The zero-order chi connectivity index (χ0) is 12.2. The van der Waals surface area contributed by atoms with Crippen molar-refractivity contribution >= 4 is 19.7 Å². The van der Waals surface area contributed by atoms with Crippen LogP contribution in [0.5, 0.6) is 0 Å². The van der Waals surface area contributed by atoms with Crippen LogP contribution in [0.25, 0.3) is 0 Å². The van der Waals surface area contributed by atoms with E-state index in [1.165, 1.54) is 0 Å². The Labute approximate surface area is 102 Å². The third-order valence-electron chi connectivity index (χ3n) is 4.41. The lowest BCUT2D eigenvalue weighted by molar-refractivity contribution is -0.138. The molecule has 3 nitrogen and oxygen atoms in total. The van der Waals surface area contributed by atoms with E-state index >= 15 is 0 Å². The van der Waals surface area contributed by atoms with Gasteiger partial charge in [-0.05, 0) is 37.5 Å². The summed E-state index contributed by atoms with van der Waals surface area (Å²) in [5.74, 6) is 0.152. The van der Waals surface area contributed by atoms with Gasteiger partial charge in [0.1, 0.15) is 0 Å². The van der Waals surface area contributed by atoms with Gasteiger partial charge in [-0.2, -0.15) is 0 Å². The molecule has 0 aliphatic heterocycles. The Kier molecular flexibility index (Phi) is 2.84. The predicted molar refractivity (Wildman–Crippen MR) is 64.0 cm³/mol. The molecule has 2 unspecified atom stereocenters. The number of halogens is 1. The van der Waals surface area contributed by atoms with Gasteiger partial charge in [0.15, 0.2) is 0 Å². The first-order valence-corrected chi connectivity index (χ1v) is 8.12. The van der Waals surface area contributed by atoms with Gasteiger partial charge >= 0.3 is 0 Å². The van der Waals surface area contributed by atoms with E-state index in [-0.39, 0.29) is 17.4 Å². The average Bonchev–Trinajstić information content (AvgIpc) is 2.91. The quantitative estimate of drug-likeness (QED) is 0.735. The summed E-state index contributed by atoms with van der Waals surface area (Å²) < 4.78 is 28.2. The minimum Gasteiger partial charge on any atom is -0.378 e. The molecule has 5 heteroatoms. The minimum absolute atomic E-state index is 0.0749. The van der Waals surface area contributed by atoms with Crippen molar-refractivity contribution in [2.24, 2.45) is 11.3 Å². The number of hydrogen-bond acceptors (Lipinski definition) is 3. The van der Waals surface area contributed by atoms with Crippen molar-refractivity contribution in [2.45, 2.75) is 50.9 Å². The number of hydrogen-bond donors (Lipinski definition) is 0. The summed E-state index contributed by atoms with van der Waals surface area (Å²) >= 11 is 0. The highest BCUT2D eigenvalue weighted by Gasteiger charge is 2.68. The van der Waals surface area contributed by atoms with E-state index in [0.717, 1.165) is 6.42 Å². The topological polar surface area (TPSA) is 43.4 Å². The van der Waals surface area contributed by atoms with E-state index in [1.54, 1.807) is 0 Å². The molecule has 0 aromatic carbocycles. The lowest BCUT2D eigenvalue weighted by Crippen LogP contribution is -2.57. The Bertz CT molecular complexity index is 384. The maximum absolute atomic E-state index is 11.6. The summed E-state index contributed by atoms with van der Waals surface area (Å²) in [6.45, 7) is 6.82. The van der Waals surface area contributed by atoms with Crippen molar-refractivity contribution in [2.75, 3.05) is 6.61 Å². The first kappa shape index (κ1) is 12.7. The molecule has 0 bridgehead atoms. The van der Waals surface area contributed by atoms with Gasteiger partial charge in [0, 0.05) is 17.3 Å². The van der Waals surface area contributed by atoms with Crippen LogP contribution in [0.1, 0.15) is 40.0 Å². The van der Waals surface area contributed by atoms with Gasteiger partial charge < -0.3 is 4.74 Å². The van der Waals surface area contributed by atoms with E-state index < -0.39 is 13.8 Å². The molecule has 0 saturated heterocycles. The predicted octanol–water partition coefficient (Wildman–Crippen LogP) is 2.54. The smallest absolute Gasteiger partial charge is 0.238 e. The molecular weight excluding hydrogens is 248 g/mol. The normalized spacial score (nSPS) is 35.5. The lowest BCUT2D eigenvalue weighted by Gasteiger charge is -2.54. The summed E-state index contributed by atoms with van der Waals surface area (Å²) in [6.07, 6.45) is 2.43. The monoisotopic (exact) mass is 266 g/mol. The van der Waals surface area contributed by atoms with Gasteiger partial charge in [-0.3, -0.25) is 0 Å². The molecule has 0 N–H and O–H groups in total. The van der Waals surface area contributed by atoms with Gasteiger partial charge in [0.05, 0.1) is 10.9 Å². The highest BCUT2D eigenvalue weighted by atomic mass is 35.7. The van der Waals surface area contributed by atoms with Crippen molar-refractivity contribution in [1.82, 2.24) is 0 Å². The van der Waals surface area contributed by atoms with Crippen LogP contribution < -0.4 is 0 Å². The van der Waals surface area contributed by atoms with E-state index in [1.807, 2.05) is 6.92 Å². The second kappa shape index (κ2) is 3.59. The Hall–Kier alpha value is 0.200. The third kappa shape index (κ3) is 1.61. The Morgan fingerprint density at radius 3 is 2.25 bits per heavy atom. The summed E-state index contributed by atoms with van der Waals surface area (Å²) in [5.41, 5.74) is -0.0749. The number of ether oxygens (including phenoxy) is 1. The fraction of sp³-hybridized carbons (Fsp3) is 1.00. The minimum atomic E-state index is -3.44. The average molecular weight is 267 g/mol. The summed E-state index contributed by atoms with van der Waals surface area (Å²) in [7, 11) is 2.13. The van der Waals surface area contributed by atoms with Crippen molar-refractivity contribution in [3.8, 4) is 0 Å². The Balaban J connectivity index is 2.16. The molecule has 2 rings (SSSR count). The molecule has 2 fully saturated rings. The molecular formula is C11H19ClO3S. The second-order valence-electron chi connectivity index (χ2n) is 5.56. The van der Waals surface area contributed by atoms with Gasteiger partial charge in [0.2, 0.25) is 9.05 Å². The summed E-state index contributed by atoms with van der Waals surface area (Å²) in [4.78, 5) is 0. The molecule has 0 aromatic rings. The van der Waals surface area contributed by atoms with Crippen LogP contribution in [0.2, 0.25) is 0 Å². The molecule has 0 amide bonds. The Morgan fingerprint density at radius 1 is 1.38 bits per heavy atom. The molecule has 0 aromatic heterocycles. The summed E-state index contributed by atoms with van der Waals surface area (Å²) in [6, 6.07) is 0. The molecule has 0 radical (unpaired) electrons. The molecule has 2 aliphatic rings. The molecule has 2 saturated carbocycles. The molecule has 0 spiro atoms. The largest absolute Gasteiger partial charge is 0.378 e. The fourth-order valence-electron chi connectivity index (χ4n) is 3.15. The highest BCUT2D eigenvalue weighted by Crippen LogP contribution is 2.64. The molecule has 16 heavy (non-hydrogen) atoms. The fourth-order valence-corrected chi connectivity index (χ4v) is 5.26. The highest BCUT2D eigenvalue weighted by molar-refractivity contribution is 8.15. The van der Waals surface area contributed by atoms with Crippen LogP contribution in [0.4, 0.5) is 0 Å². The van der Waals surface area contributed by atoms with Crippen LogP contribution in [0, 0.1) is 11.3 Å². The molecule has 94 valence electrons. The molecule has 2 aliphatic carbocycles. The Morgan fingerprint density at radius 2 is 1.94 bits per heavy atom. The van der Waals surface area contributed by atoms with Crippen LogP contribution in [-0.4, -0.2) is 25.9 Å². The summed E-state index contributed by atoms with van der Waals surface area (Å²) in [5, 5.41) is 0. The van der Waals surface area contributed by atoms with E-state index in [4.69, 9.17) is 15.4 Å². The van der Waals surface area contributed by atoms with Crippen LogP contribution in [0.15, 0.2) is 0 Å². The third-order valence-corrected chi connectivity index (χ3v) is 6.99. The SMILES string of the molecule is CCOC1CC(C2(S(=O)(=O)Cl)CC2)C1(C)C. The lowest BCUT2D eigenvalue weighted by atomic mass is 9.58. The molecule has 0 heterocycles. The van der Waals surface area contributed by atoms with Crippen molar-refractivity contribution < 1.29 is 13.2 Å². The van der Waals surface area contributed by atoms with Crippen LogP contribution >= 0.6 is 10.7 Å². The van der Waals surface area contributed by atoms with Gasteiger partial charge in [-0.25, -0.2) is 8.42 Å². The van der Waals surface area contributed by atoms with Gasteiger partial charge in [-0.1, -0.05) is 13.8 Å². The van der Waals surface area contributed by atoms with E-state index in [2.05, 4.69) is 13.8 Å². The maximum Gasteiger partial charge on any atom is 0.238 e. The van der Waals surface area contributed by atoms with Crippen molar-refractivity contribution in [1.29, 1.82) is 0 Å². The van der Waals surface area contributed by atoms with Crippen LogP contribution in [0.3, 0.4) is 0 Å². The van der Waals surface area contributed by atoms with Crippen molar-refractivity contribution in [3.63, 3.8) is 0 Å². The maximum atomic E-state index is 11.6. The van der Waals surface area contributed by atoms with E-state index in [0.29, 0.717) is 19.4 Å². The standard InChI is InChI=1S/C11H19ClO3S/c1-4-15-9-7-8(10(9,2)3)11(5-6-11)16(12,13)14/h8-9H,4-7H2,1-3H3. The van der Waals surface area contributed by atoms with E-state index in [9.17, 15) is 8.42 Å². The van der Waals surface area contributed by atoms with Crippen LogP contribution in [-0.2, 0) is 13.8 Å². The number of rotatable bonds is 4. The zero-order valence-corrected chi connectivity index (χ0v) is 11.6. The van der Waals surface area contributed by atoms with Gasteiger partial charge in [-0.15, -0.1) is 0 Å².